The van der Waals surface area contributed by atoms with Crippen LogP contribution in [0.25, 0.3) is 0 Å². The van der Waals surface area contributed by atoms with Gasteiger partial charge < -0.3 is 9.15 Å². The molecule has 0 aromatic carbocycles. The van der Waals surface area contributed by atoms with Crippen LogP contribution in [0.5, 0.6) is 0 Å². The molecule has 0 unspecified atom stereocenters. The lowest BCUT2D eigenvalue weighted by atomic mass is 10.0. The highest BCUT2D eigenvalue weighted by Crippen LogP contribution is 2.32. The second-order valence-corrected chi connectivity index (χ2v) is 8.92. The first-order valence-electron chi connectivity index (χ1n) is 9.68. The molecule has 1 aliphatic heterocycles. The van der Waals surface area contributed by atoms with E-state index in [1.54, 1.807) is 13.8 Å². The number of oxazole rings is 1. The normalized spacial score (nSPS) is 16.1. The van der Waals surface area contributed by atoms with Crippen molar-refractivity contribution in [1.82, 2.24) is 19.0 Å². The third-order valence-corrected chi connectivity index (χ3v) is 6.03. The SMILES string of the molecule is CC(C)c1ccc(C(F)(F)F)nc1Nc1nc(C(=O)NS(=O)(=O)N2CCCOCC2)co1. The first kappa shape index (κ1) is 23.9. The van der Waals surface area contributed by atoms with Crippen LogP contribution in [0.15, 0.2) is 22.8 Å². The Hall–Kier alpha value is -2.71. The fraction of sp³-hybridized carbons (Fsp3) is 0.500. The van der Waals surface area contributed by atoms with Crippen molar-refractivity contribution in [3.8, 4) is 0 Å². The number of hydrogen-bond donors (Lipinski definition) is 2. The predicted octanol–water partition coefficient (Wildman–Crippen LogP) is 2.65. The number of ether oxygens (including phenoxy) is 1. The van der Waals surface area contributed by atoms with Crippen molar-refractivity contribution < 1.29 is 35.5 Å². The molecule has 0 spiro atoms. The Kier molecular flexibility index (Phi) is 7.05. The van der Waals surface area contributed by atoms with E-state index in [2.05, 4.69) is 15.3 Å². The second kappa shape index (κ2) is 9.42. The van der Waals surface area contributed by atoms with Gasteiger partial charge in [-0.2, -0.15) is 30.9 Å². The maximum absolute atomic E-state index is 13.0. The van der Waals surface area contributed by atoms with Crippen LogP contribution < -0.4 is 10.0 Å². The highest BCUT2D eigenvalue weighted by Gasteiger charge is 2.33. The van der Waals surface area contributed by atoms with E-state index in [9.17, 15) is 26.4 Å². The second-order valence-electron chi connectivity index (χ2n) is 7.25. The lowest BCUT2D eigenvalue weighted by Crippen LogP contribution is -2.44. The minimum absolute atomic E-state index is 0.0907. The zero-order chi connectivity index (χ0) is 23.5. The van der Waals surface area contributed by atoms with Gasteiger partial charge in [-0.3, -0.25) is 10.1 Å². The van der Waals surface area contributed by atoms with Gasteiger partial charge in [0.1, 0.15) is 17.8 Å². The summed E-state index contributed by atoms with van der Waals surface area (Å²) in [5, 5.41) is 2.53. The molecule has 2 aromatic heterocycles. The quantitative estimate of drug-likeness (QED) is 0.650. The number of hydrogen-bond acceptors (Lipinski definition) is 8. The Labute approximate surface area is 182 Å². The Morgan fingerprint density at radius 2 is 1.94 bits per heavy atom. The fourth-order valence-electron chi connectivity index (χ4n) is 2.93. The van der Waals surface area contributed by atoms with Crippen LogP contribution in [0.2, 0.25) is 0 Å². The molecule has 1 aliphatic rings. The first-order chi connectivity index (χ1) is 15.0. The van der Waals surface area contributed by atoms with Crippen LogP contribution in [-0.4, -0.2) is 54.9 Å². The molecule has 0 radical (unpaired) electrons. The third-order valence-electron chi connectivity index (χ3n) is 4.54. The molecular formula is C18H22F3N5O5S. The van der Waals surface area contributed by atoms with Crippen molar-refractivity contribution >= 4 is 27.9 Å². The molecule has 32 heavy (non-hydrogen) atoms. The van der Waals surface area contributed by atoms with Crippen molar-refractivity contribution in [1.29, 1.82) is 0 Å². The van der Waals surface area contributed by atoms with Gasteiger partial charge in [-0.25, -0.2) is 9.71 Å². The molecular weight excluding hydrogens is 455 g/mol. The number of carbonyl (C=O) groups excluding carboxylic acids is 1. The molecule has 2 N–H and O–H groups in total. The van der Waals surface area contributed by atoms with Gasteiger partial charge in [0.25, 0.3) is 5.91 Å². The van der Waals surface area contributed by atoms with E-state index in [4.69, 9.17) is 9.15 Å². The first-order valence-corrected chi connectivity index (χ1v) is 11.1. The standard InChI is InChI=1S/C18H22F3N5O5S/c1-11(2)12-4-5-14(18(19,20)21)23-15(12)24-17-22-13(10-31-17)16(27)25-32(28,29)26-6-3-8-30-9-7-26/h4-5,10-11H,3,6-9H2,1-2H3,(H,25,27)(H,22,23,24). The van der Waals surface area contributed by atoms with E-state index < -0.39 is 28.0 Å². The zero-order valence-electron chi connectivity index (χ0n) is 17.3. The van der Waals surface area contributed by atoms with Crippen molar-refractivity contribution in [2.24, 2.45) is 0 Å². The topological polar surface area (TPSA) is 127 Å². The maximum Gasteiger partial charge on any atom is 0.433 e. The Morgan fingerprint density at radius 1 is 1.19 bits per heavy atom. The maximum atomic E-state index is 13.0. The van der Waals surface area contributed by atoms with Gasteiger partial charge >= 0.3 is 22.4 Å². The number of nitrogens with zero attached hydrogens (tertiary/aromatic N) is 3. The molecule has 1 amide bonds. The smallest absolute Gasteiger partial charge is 0.431 e. The number of nitrogens with one attached hydrogen (secondary N) is 2. The molecule has 10 nitrogen and oxygen atoms in total. The van der Waals surface area contributed by atoms with Gasteiger partial charge in [-0.05, 0) is 24.0 Å². The van der Waals surface area contributed by atoms with E-state index >= 15 is 0 Å². The molecule has 3 heterocycles. The average Bonchev–Trinajstić information content (AvgIpc) is 2.98. The molecule has 2 aromatic rings. The molecule has 0 saturated carbocycles. The molecule has 14 heteroatoms. The summed E-state index contributed by atoms with van der Waals surface area (Å²) in [4.78, 5) is 19.8. The molecule has 0 aliphatic carbocycles. The highest BCUT2D eigenvalue weighted by atomic mass is 32.2. The Morgan fingerprint density at radius 3 is 2.62 bits per heavy atom. The van der Waals surface area contributed by atoms with Crippen molar-refractivity contribution in [3.05, 3.63) is 35.3 Å². The number of halogens is 3. The summed E-state index contributed by atoms with van der Waals surface area (Å²) in [5.74, 6) is -1.36. The number of aromatic nitrogens is 2. The van der Waals surface area contributed by atoms with Gasteiger partial charge in [-0.1, -0.05) is 19.9 Å². The molecule has 1 fully saturated rings. The van der Waals surface area contributed by atoms with Gasteiger partial charge in [0, 0.05) is 19.7 Å². The van der Waals surface area contributed by atoms with E-state index in [0.29, 0.717) is 18.6 Å². The summed E-state index contributed by atoms with van der Waals surface area (Å²) in [6.07, 6.45) is -3.28. The number of alkyl halides is 3. The van der Waals surface area contributed by atoms with E-state index in [1.165, 1.54) is 6.07 Å². The average molecular weight is 477 g/mol. The van der Waals surface area contributed by atoms with Gasteiger partial charge in [0.2, 0.25) is 0 Å². The van der Waals surface area contributed by atoms with Crippen LogP contribution in [-0.2, 0) is 21.1 Å². The van der Waals surface area contributed by atoms with Crippen molar-refractivity contribution in [2.75, 3.05) is 31.6 Å². The van der Waals surface area contributed by atoms with Gasteiger partial charge in [0.15, 0.2) is 5.69 Å². The molecule has 1 saturated heterocycles. The van der Waals surface area contributed by atoms with Crippen LogP contribution in [0.4, 0.5) is 25.0 Å². The van der Waals surface area contributed by atoms with Gasteiger partial charge in [0.05, 0.1) is 6.61 Å². The summed E-state index contributed by atoms with van der Waals surface area (Å²) in [5.41, 5.74) is -1.02. The van der Waals surface area contributed by atoms with Crippen molar-refractivity contribution in [2.45, 2.75) is 32.4 Å². The number of amides is 1. The summed E-state index contributed by atoms with van der Waals surface area (Å²) >= 11 is 0. The Bertz CT molecular complexity index is 1060. The third kappa shape index (κ3) is 5.75. The van der Waals surface area contributed by atoms with Crippen LogP contribution in [0, 0.1) is 0 Å². The summed E-state index contributed by atoms with van der Waals surface area (Å²) in [7, 11) is -4.13. The minimum Gasteiger partial charge on any atom is -0.431 e. The number of rotatable bonds is 6. The van der Waals surface area contributed by atoms with E-state index in [1.807, 2.05) is 4.72 Å². The monoisotopic (exact) mass is 477 g/mol. The fourth-order valence-corrected chi connectivity index (χ4v) is 4.08. The summed E-state index contributed by atoms with van der Waals surface area (Å²) in [6, 6.07) is 1.84. The summed E-state index contributed by atoms with van der Waals surface area (Å²) in [6.45, 7) is 4.43. The lowest BCUT2D eigenvalue weighted by Gasteiger charge is -2.18. The predicted molar refractivity (Wildman–Crippen MR) is 107 cm³/mol. The molecule has 3 rings (SSSR count). The molecule has 176 valence electrons. The Balaban J connectivity index is 1.76. The summed E-state index contributed by atoms with van der Waals surface area (Å²) < 4.78 is 77.2. The van der Waals surface area contributed by atoms with Crippen molar-refractivity contribution in [3.63, 3.8) is 0 Å². The highest BCUT2D eigenvalue weighted by molar-refractivity contribution is 7.87. The zero-order valence-corrected chi connectivity index (χ0v) is 18.1. The number of carbonyl (C=O) groups is 1. The minimum atomic E-state index is -4.65. The lowest BCUT2D eigenvalue weighted by molar-refractivity contribution is -0.141. The molecule has 0 bridgehead atoms. The van der Waals surface area contributed by atoms with E-state index in [0.717, 1.165) is 16.6 Å². The van der Waals surface area contributed by atoms with Crippen LogP contribution >= 0.6 is 0 Å². The van der Waals surface area contributed by atoms with Gasteiger partial charge in [-0.15, -0.1) is 0 Å². The number of anilines is 2. The largest absolute Gasteiger partial charge is 0.433 e. The van der Waals surface area contributed by atoms with E-state index in [-0.39, 0.29) is 43.1 Å². The number of pyridine rings is 1. The van der Waals surface area contributed by atoms with Crippen LogP contribution in [0.1, 0.15) is 47.9 Å². The van der Waals surface area contributed by atoms with Crippen LogP contribution in [0.3, 0.4) is 0 Å². The molecule has 0 atom stereocenters.